The maximum absolute atomic E-state index is 10.2. The lowest BCUT2D eigenvalue weighted by molar-refractivity contribution is 0.164. The number of benzene rings is 1. The minimum Gasteiger partial charge on any atom is -0.393 e. The van der Waals surface area contributed by atoms with Crippen LogP contribution in [0.4, 0.5) is 0 Å². The van der Waals surface area contributed by atoms with Crippen LogP contribution in [-0.4, -0.2) is 21.2 Å². The van der Waals surface area contributed by atoms with Gasteiger partial charge in [-0.1, -0.05) is 24.3 Å². The number of para-hydroxylation sites is 1. The number of fused-ring (bicyclic) bond motifs is 1. The first-order chi connectivity index (χ1) is 10.3. The van der Waals surface area contributed by atoms with Crippen molar-refractivity contribution in [2.75, 3.05) is 0 Å². The van der Waals surface area contributed by atoms with Crippen LogP contribution in [0.25, 0.3) is 10.9 Å². The van der Waals surface area contributed by atoms with E-state index in [2.05, 4.69) is 16.0 Å². The van der Waals surface area contributed by atoms with Crippen molar-refractivity contribution in [1.82, 2.24) is 9.97 Å². The number of aryl methyl sites for hydroxylation is 1. The van der Waals surface area contributed by atoms with Crippen molar-refractivity contribution in [3.8, 4) is 0 Å². The van der Waals surface area contributed by atoms with E-state index in [0.717, 1.165) is 29.4 Å². The molecule has 0 bridgehead atoms. The van der Waals surface area contributed by atoms with Gasteiger partial charge in [-0.3, -0.25) is 9.97 Å². The molecule has 2 aromatic heterocycles. The molecule has 0 aliphatic carbocycles. The van der Waals surface area contributed by atoms with Crippen LogP contribution in [-0.2, 0) is 12.8 Å². The Labute approximate surface area is 124 Å². The Morgan fingerprint density at radius 3 is 2.62 bits per heavy atom. The summed E-state index contributed by atoms with van der Waals surface area (Å²) in [6, 6.07) is 16.1. The van der Waals surface area contributed by atoms with Crippen molar-refractivity contribution >= 4 is 10.9 Å². The first kappa shape index (κ1) is 13.7. The van der Waals surface area contributed by atoms with Gasteiger partial charge in [-0.05, 0) is 42.7 Å². The molecule has 3 aromatic rings. The van der Waals surface area contributed by atoms with Gasteiger partial charge in [-0.25, -0.2) is 0 Å². The van der Waals surface area contributed by atoms with Gasteiger partial charge in [0.15, 0.2) is 0 Å². The Bertz CT molecular complexity index is 712. The minimum absolute atomic E-state index is 0.369. The molecule has 0 aliphatic heterocycles. The van der Waals surface area contributed by atoms with Crippen LogP contribution in [0.1, 0.15) is 17.7 Å². The molecule has 3 heteroatoms. The molecule has 1 aromatic carbocycles. The number of hydrogen-bond donors (Lipinski definition) is 1. The Morgan fingerprint density at radius 1 is 0.952 bits per heavy atom. The highest BCUT2D eigenvalue weighted by Crippen LogP contribution is 2.14. The predicted octanol–water partition coefficient (Wildman–Crippen LogP) is 3.17. The first-order valence-corrected chi connectivity index (χ1v) is 7.23. The second-order valence-corrected chi connectivity index (χ2v) is 5.25. The average molecular weight is 278 g/mol. The van der Waals surface area contributed by atoms with E-state index >= 15 is 0 Å². The SMILES string of the molecule is OC(CCc1ccncc1)Cc1ccc2ccccc2n1. The monoisotopic (exact) mass is 278 g/mol. The van der Waals surface area contributed by atoms with Crippen molar-refractivity contribution in [1.29, 1.82) is 0 Å². The van der Waals surface area contributed by atoms with E-state index in [1.807, 2.05) is 42.5 Å². The van der Waals surface area contributed by atoms with Gasteiger partial charge < -0.3 is 5.11 Å². The fourth-order valence-electron chi connectivity index (χ4n) is 2.45. The van der Waals surface area contributed by atoms with E-state index in [1.54, 1.807) is 12.4 Å². The van der Waals surface area contributed by atoms with E-state index in [4.69, 9.17) is 0 Å². The Morgan fingerprint density at radius 2 is 1.76 bits per heavy atom. The van der Waals surface area contributed by atoms with Crippen molar-refractivity contribution in [2.45, 2.75) is 25.4 Å². The number of hydrogen-bond acceptors (Lipinski definition) is 3. The Hall–Kier alpha value is -2.26. The molecule has 0 radical (unpaired) electrons. The van der Waals surface area contributed by atoms with Gasteiger partial charge in [0.2, 0.25) is 0 Å². The summed E-state index contributed by atoms with van der Waals surface area (Å²) < 4.78 is 0. The smallest absolute Gasteiger partial charge is 0.0705 e. The maximum Gasteiger partial charge on any atom is 0.0705 e. The van der Waals surface area contributed by atoms with Gasteiger partial charge in [0.05, 0.1) is 11.6 Å². The molecule has 1 atom stereocenters. The summed E-state index contributed by atoms with van der Waals surface area (Å²) >= 11 is 0. The molecule has 0 aliphatic rings. The molecule has 106 valence electrons. The highest BCUT2D eigenvalue weighted by Gasteiger charge is 2.08. The molecule has 3 rings (SSSR count). The van der Waals surface area contributed by atoms with E-state index in [0.29, 0.717) is 6.42 Å². The third kappa shape index (κ3) is 3.64. The summed E-state index contributed by atoms with van der Waals surface area (Å²) in [7, 11) is 0. The van der Waals surface area contributed by atoms with Crippen LogP contribution < -0.4 is 0 Å². The summed E-state index contributed by atoms with van der Waals surface area (Å²) in [5, 5.41) is 11.3. The van der Waals surface area contributed by atoms with E-state index in [1.165, 1.54) is 5.56 Å². The number of pyridine rings is 2. The fourth-order valence-corrected chi connectivity index (χ4v) is 2.45. The second kappa shape index (κ2) is 6.46. The first-order valence-electron chi connectivity index (χ1n) is 7.23. The van der Waals surface area contributed by atoms with Crippen LogP contribution in [0.15, 0.2) is 60.9 Å². The van der Waals surface area contributed by atoms with Crippen LogP contribution in [0.5, 0.6) is 0 Å². The number of rotatable bonds is 5. The summed E-state index contributed by atoms with van der Waals surface area (Å²) in [5.41, 5.74) is 3.13. The largest absolute Gasteiger partial charge is 0.393 e. The van der Waals surface area contributed by atoms with Crippen molar-refractivity contribution in [2.24, 2.45) is 0 Å². The number of aromatic nitrogens is 2. The summed E-state index contributed by atoms with van der Waals surface area (Å²) in [6.07, 6.45) is 5.39. The van der Waals surface area contributed by atoms with Crippen LogP contribution in [0.2, 0.25) is 0 Å². The average Bonchev–Trinajstić information content (AvgIpc) is 2.54. The van der Waals surface area contributed by atoms with Gasteiger partial charge >= 0.3 is 0 Å². The molecule has 21 heavy (non-hydrogen) atoms. The molecule has 0 saturated carbocycles. The fraction of sp³-hybridized carbons (Fsp3) is 0.222. The van der Waals surface area contributed by atoms with Gasteiger partial charge in [-0.15, -0.1) is 0 Å². The molecular formula is C18H18N2O. The van der Waals surface area contributed by atoms with Gasteiger partial charge in [0.1, 0.15) is 0 Å². The summed E-state index contributed by atoms with van der Waals surface area (Å²) in [6.45, 7) is 0. The summed E-state index contributed by atoms with van der Waals surface area (Å²) in [5.74, 6) is 0. The molecule has 1 N–H and O–H groups in total. The standard InChI is InChI=1S/C18H18N2O/c21-17(8-5-14-9-11-19-12-10-14)13-16-7-6-15-3-1-2-4-18(15)20-16/h1-4,6-7,9-12,17,21H,5,8,13H2. The predicted molar refractivity (Wildman–Crippen MR) is 84.0 cm³/mol. The Kier molecular flexibility index (Phi) is 4.22. The zero-order chi connectivity index (χ0) is 14.5. The lowest BCUT2D eigenvalue weighted by Gasteiger charge is -2.10. The highest BCUT2D eigenvalue weighted by atomic mass is 16.3. The van der Waals surface area contributed by atoms with Crippen molar-refractivity contribution in [3.05, 3.63) is 72.2 Å². The second-order valence-electron chi connectivity index (χ2n) is 5.25. The third-order valence-electron chi connectivity index (χ3n) is 3.62. The maximum atomic E-state index is 10.2. The normalized spacial score (nSPS) is 12.4. The molecule has 1 unspecified atom stereocenters. The Balaban J connectivity index is 1.62. The molecule has 0 fully saturated rings. The topological polar surface area (TPSA) is 46.0 Å². The molecule has 3 nitrogen and oxygen atoms in total. The lowest BCUT2D eigenvalue weighted by Crippen LogP contribution is -2.12. The molecular weight excluding hydrogens is 260 g/mol. The zero-order valence-electron chi connectivity index (χ0n) is 11.8. The van der Waals surface area contributed by atoms with E-state index in [9.17, 15) is 5.11 Å². The number of aliphatic hydroxyl groups excluding tert-OH is 1. The lowest BCUT2D eigenvalue weighted by atomic mass is 10.0. The molecule has 2 heterocycles. The molecule has 0 amide bonds. The van der Waals surface area contributed by atoms with E-state index in [-0.39, 0.29) is 6.10 Å². The minimum atomic E-state index is -0.369. The van der Waals surface area contributed by atoms with Crippen LogP contribution in [0.3, 0.4) is 0 Å². The van der Waals surface area contributed by atoms with Gasteiger partial charge in [-0.2, -0.15) is 0 Å². The van der Waals surface area contributed by atoms with Gasteiger partial charge in [0, 0.05) is 29.9 Å². The molecule has 0 saturated heterocycles. The van der Waals surface area contributed by atoms with Crippen LogP contribution >= 0.6 is 0 Å². The van der Waals surface area contributed by atoms with E-state index < -0.39 is 0 Å². The van der Waals surface area contributed by atoms with Gasteiger partial charge in [0.25, 0.3) is 0 Å². The zero-order valence-corrected chi connectivity index (χ0v) is 11.8. The molecule has 0 spiro atoms. The highest BCUT2D eigenvalue weighted by molar-refractivity contribution is 5.78. The third-order valence-corrected chi connectivity index (χ3v) is 3.62. The summed E-state index contributed by atoms with van der Waals surface area (Å²) in [4.78, 5) is 8.60. The quantitative estimate of drug-likeness (QED) is 0.779. The number of aliphatic hydroxyl groups is 1. The number of nitrogens with zero attached hydrogens (tertiary/aromatic N) is 2. The van der Waals surface area contributed by atoms with Crippen LogP contribution in [0, 0.1) is 0 Å². The van der Waals surface area contributed by atoms with Crippen molar-refractivity contribution < 1.29 is 5.11 Å². The van der Waals surface area contributed by atoms with Crippen molar-refractivity contribution in [3.63, 3.8) is 0 Å².